The third kappa shape index (κ3) is 1.56. The van der Waals surface area contributed by atoms with Crippen LogP contribution in [0.15, 0.2) is 0 Å². The minimum atomic E-state index is -0.891. The fourth-order valence-corrected chi connectivity index (χ4v) is 3.55. The van der Waals surface area contributed by atoms with E-state index in [-0.39, 0.29) is 24.1 Å². The quantitative estimate of drug-likeness (QED) is 0.573. The fraction of sp³-hybridized carbons (Fsp3) is 0.846. The number of methoxy groups -OCH3 is 1. The molecule has 5 nitrogen and oxygen atoms in total. The second-order valence-corrected chi connectivity index (χ2v) is 5.80. The van der Waals surface area contributed by atoms with Crippen LogP contribution >= 0.6 is 0 Å². The van der Waals surface area contributed by atoms with Crippen molar-refractivity contribution in [3.63, 3.8) is 0 Å². The summed E-state index contributed by atoms with van der Waals surface area (Å²) in [4.78, 5) is 26.2. The van der Waals surface area contributed by atoms with Gasteiger partial charge in [-0.1, -0.05) is 0 Å². The standard InChI is InChI=1S/C13H19NO4/c1-18-12(17)13(4-5-13)11(16)14-8-2-3-9(14)7-10(15)6-8/h8-10,15H,2-7H2,1H3. The number of fused-ring (bicyclic) bond motifs is 2. The Labute approximate surface area is 106 Å². The number of aliphatic hydroxyl groups excluding tert-OH is 1. The van der Waals surface area contributed by atoms with E-state index in [4.69, 9.17) is 4.74 Å². The van der Waals surface area contributed by atoms with Gasteiger partial charge in [-0.25, -0.2) is 0 Å². The highest BCUT2D eigenvalue weighted by Gasteiger charge is 2.61. The van der Waals surface area contributed by atoms with Crippen LogP contribution in [0, 0.1) is 5.41 Å². The van der Waals surface area contributed by atoms with Crippen molar-refractivity contribution in [2.45, 2.75) is 56.7 Å². The van der Waals surface area contributed by atoms with Gasteiger partial charge in [-0.05, 0) is 38.5 Å². The number of ether oxygens (including phenoxy) is 1. The first-order valence-corrected chi connectivity index (χ1v) is 6.68. The molecule has 0 aromatic carbocycles. The van der Waals surface area contributed by atoms with Crippen molar-refractivity contribution in [2.75, 3.05) is 7.11 Å². The molecule has 2 heterocycles. The number of esters is 1. The molecule has 0 radical (unpaired) electrons. The largest absolute Gasteiger partial charge is 0.468 e. The number of hydrogen-bond acceptors (Lipinski definition) is 4. The first-order chi connectivity index (χ1) is 8.58. The Morgan fingerprint density at radius 1 is 1.22 bits per heavy atom. The van der Waals surface area contributed by atoms with Crippen LogP contribution in [0.4, 0.5) is 0 Å². The highest BCUT2D eigenvalue weighted by atomic mass is 16.5. The zero-order chi connectivity index (χ0) is 12.9. The molecular formula is C13H19NO4. The molecule has 2 aliphatic heterocycles. The molecule has 1 N–H and O–H groups in total. The van der Waals surface area contributed by atoms with Crippen molar-refractivity contribution in [1.29, 1.82) is 0 Å². The Bertz CT molecular complexity index is 376. The summed E-state index contributed by atoms with van der Waals surface area (Å²) >= 11 is 0. The molecule has 3 fully saturated rings. The molecule has 2 saturated heterocycles. The van der Waals surface area contributed by atoms with Crippen molar-refractivity contribution in [3.05, 3.63) is 0 Å². The van der Waals surface area contributed by atoms with Gasteiger partial charge in [0.1, 0.15) is 5.41 Å². The molecule has 5 heteroatoms. The maximum Gasteiger partial charge on any atom is 0.321 e. The van der Waals surface area contributed by atoms with E-state index in [0.29, 0.717) is 25.7 Å². The number of hydrogen-bond donors (Lipinski definition) is 1. The van der Waals surface area contributed by atoms with E-state index in [2.05, 4.69) is 0 Å². The molecule has 0 aromatic rings. The van der Waals surface area contributed by atoms with Crippen LogP contribution in [0.3, 0.4) is 0 Å². The Morgan fingerprint density at radius 2 is 1.78 bits per heavy atom. The second-order valence-electron chi connectivity index (χ2n) is 5.80. The Hall–Kier alpha value is -1.10. The van der Waals surface area contributed by atoms with Gasteiger partial charge in [0, 0.05) is 12.1 Å². The van der Waals surface area contributed by atoms with Crippen LogP contribution < -0.4 is 0 Å². The van der Waals surface area contributed by atoms with E-state index in [1.165, 1.54) is 7.11 Å². The number of amides is 1. The van der Waals surface area contributed by atoms with Crippen LogP contribution in [-0.4, -0.2) is 47.2 Å². The third-order valence-corrected chi connectivity index (χ3v) is 4.68. The minimum absolute atomic E-state index is 0.0613. The summed E-state index contributed by atoms with van der Waals surface area (Å²) < 4.78 is 4.77. The van der Waals surface area contributed by atoms with Gasteiger partial charge in [0.2, 0.25) is 5.91 Å². The number of carbonyl (C=O) groups excluding carboxylic acids is 2. The molecule has 100 valence electrons. The average molecular weight is 253 g/mol. The first-order valence-electron chi connectivity index (χ1n) is 6.68. The van der Waals surface area contributed by atoms with E-state index in [1.807, 2.05) is 4.90 Å². The lowest BCUT2D eigenvalue weighted by molar-refractivity contribution is -0.158. The molecule has 1 amide bonds. The van der Waals surface area contributed by atoms with Gasteiger partial charge in [0.15, 0.2) is 0 Å². The molecule has 3 aliphatic rings. The Morgan fingerprint density at radius 3 is 2.22 bits per heavy atom. The summed E-state index contributed by atoms with van der Waals surface area (Å²) in [5, 5.41) is 9.73. The molecule has 0 spiro atoms. The molecule has 18 heavy (non-hydrogen) atoms. The first kappa shape index (κ1) is 12.0. The Kier molecular flexibility index (Phi) is 2.62. The molecule has 1 saturated carbocycles. The van der Waals surface area contributed by atoms with Crippen molar-refractivity contribution >= 4 is 11.9 Å². The van der Waals surface area contributed by atoms with Gasteiger partial charge in [-0.2, -0.15) is 0 Å². The monoisotopic (exact) mass is 253 g/mol. The average Bonchev–Trinajstić information content (AvgIpc) is 3.10. The zero-order valence-corrected chi connectivity index (χ0v) is 10.6. The smallest absolute Gasteiger partial charge is 0.321 e. The number of rotatable bonds is 2. The zero-order valence-electron chi connectivity index (χ0n) is 10.6. The normalized spacial score (nSPS) is 36.3. The second kappa shape index (κ2) is 3.95. The molecule has 2 unspecified atom stereocenters. The van der Waals surface area contributed by atoms with Crippen molar-refractivity contribution in [3.8, 4) is 0 Å². The lowest BCUT2D eigenvalue weighted by Gasteiger charge is -2.38. The Balaban J connectivity index is 1.80. The third-order valence-electron chi connectivity index (χ3n) is 4.68. The SMILES string of the molecule is COC(=O)C1(C(=O)N2C3CCC2CC(O)C3)CC1. The summed E-state index contributed by atoms with van der Waals surface area (Å²) in [6.45, 7) is 0. The summed E-state index contributed by atoms with van der Waals surface area (Å²) in [6.07, 6.45) is 4.13. The van der Waals surface area contributed by atoms with E-state index >= 15 is 0 Å². The van der Waals surface area contributed by atoms with Crippen molar-refractivity contribution < 1.29 is 19.4 Å². The number of piperidine rings is 1. The maximum absolute atomic E-state index is 12.6. The van der Waals surface area contributed by atoms with Gasteiger partial charge in [-0.3, -0.25) is 9.59 Å². The molecule has 3 rings (SSSR count). The molecular weight excluding hydrogens is 234 g/mol. The van der Waals surface area contributed by atoms with Gasteiger partial charge in [-0.15, -0.1) is 0 Å². The lowest BCUT2D eigenvalue weighted by Crippen LogP contribution is -2.52. The molecule has 2 bridgehead atoms. The van der Waals surface area contributed by atoms with Crippen LogP contribution in [0.25, 0.3) is 0 Å². The summed E-state index contributed by atoms with van der Waals surface area (Å²) in [6, 6.07) is 0.238. The number of nitrogens with zero attached hydrogens (tertiary/aromatic N) is 1. The maximum atomic E-state index is 12.6. The predicted molar refractivity (Wildman–Crippen MR) is 62.6 cm³/mol. The lowest BCUT2D eigenvalue weighted by atomic mass is 9.96. The van der Waals surface area contributed by atoms with Crippen molar-refractivity contribution in [2.24, 2.45) is 5.41 Å². The van der Waals surface area contributed by atoms with Gasteiger partial charge >= 0.3 is 5.97 Å². The van der Waals surface area contributed by atoms with Crippen LogP contribution in [0.1, 0.15) is 38.5 Å². The van der Waals surface area contributed by atoms with Gasteiger partial charge in [0.05, 0.1) is 13.2 Å². The molecule has 2 atom stereocenters. The van der Waals surface area contributed by atoms with E-state index < -0.39 is 11.4 Å². The van der Waals surface area contributed by atoms with E-state index in [9.17, 15) is 14.7 Å². The fourth-order valence-electron chi connectivity index (χ4n) is 3.55. The predicted octanol–water partition coefficient (Wildman–Crippen LogP) is 0.454. The summed E-state index contributed by atoms with van der Waals surface area (Å²) in [5.74, 6) is -0.452. The van der Waals surface area contributed by atoms with E-state index in [0.717, 1.165) is 12.8 Å². The highest BCUT2D eigenvalue weighted by Crippen LogP contribution is 2.51. The van der Waals surface area contributed by atoms with Crippen molar-refractivity contribution in [1.82, 2.24) is 4.90 Å². The van der Waals surface area contributed by atoms with Gasteiger partial charge < -0.3 is 14.7 Å². The summed E-state index contributed by atoms with van der Waals surface area (Å²) in [5.41, 5.74) is -0.891. The number of carbonyl (C=O) groups is 2. The minimum Gasteiger partial charge on any atom is -0.468 e. The van der Waals surface area contributed by atoms with Gasteiger partial charge in [0.25, 0.3) is 0 Å². The topological polar surface area (TPSA) is 66.8 Å². The van der Waals surface area contributed by atoms with Crippen LogP contribution in [-0.2, 0) is 14.3 Å². The van der Waals surface area contributed by atoms with Crippen LogP contribution in [0.5, 0.6) is 0 Å². The summed E-state index contributed by atoms with van der Waals surface area (Å²) in [7, 11) is 1.34. The van der Waals surface area contributed by atoms with E-state index in [1.54, 1.807) is 0 Å². The number of aliphatic hydroxyl groups is 1. The highest BCUT2D eigenvalue weighted by molar-refractivity contribution is 6.05. The molecule has 1 aliphatic carbocycles. The molecule has 0 aromatic heterocycles. The van der Waals surface area contributed by atoms with Crippen LogP contribution in [0.2, 0.25) is 0 Å².